The molecule has 0 aliphatic carbocycles. The number of halogens is 3. The van der Waals surface area contributed by atoms with Gasteiger partial charge in [-0.15, -0.1) is 0 Å². The van der Waals surface area contributed by atoms with Crippen LogP contribution in [0.3, 0.4) is 0 Å². The molecule has 0 saturated heterocycles. The summed E-state index contributed by atoms with van der Waals surface area (Å²) in [4.78, 5) is 10.4. The quantitative estimate of drug-likeness (QED) is 0.615. The van der Waals surface area contributed by atoms with Crippen molar-refractivity contribution in [2.24, 2.45) is 0 Å². The van der Waals surface area contributed by atoms with Gasteiger partial charge in [-0.05, 0) is 6.42 Å². The van der Waals surface area contributed by atoms with E-state index in [1.165, 1.54) is 0 Å². The molecule has 0 heterocycles. The van der Waals surface area contributed by atoms with E-state index in [-0.39, 0.29) is 6.42 Å². The number of rotatable bonds is 6. The molecule has 4 nitrogen and oxygen atoms in total. The van der Waals surface area contributed by atoms with Gasteiger partial charge in [-0.2, -0.15) is 13.2 Å². The fourth-order valence-electron chi connectivity index (χ4n) is 1.25. The third kappa shape index (κ3) is 3.08. The van der Waals surface area contributed by atoms with Gasteiger partial charge in [0, 0.05) is 0 Å². The average Bonchev–Trinajstić information content (AvgIpc) is 2.14. The van der Waals surface area contributed by atoms with Crippen molar-refractivity contribution in [3.05, 3.63) is 0 Å². The SMILES string of the molecule is CCCCCC(O)C(O)(C(=O)O)C(F)(F)F. The molecule has 0 saturated carbocycles. The van der Waals surface area contributed by atoms with E-state index in [1.54, 1.807) is 6.92 Å². The molecule has 7 heteroatoms. The second-order valence-corrected chi connectivity index (χ2v) is 3.58. The summed E-state index contributed by atoms with van der Waals surface area (Å²) in [5.74, 6) is -2.48. The summed E-state index contributed by atoms with van der Waals surface area (Å²) in [6.45, 7) is 1.81. The van der Waals surface area contributed by atoms with Gasteiger partial charge < -0.3 is 15.3 Å². The van der Waals surface area contributed by atoms with Crippen molar-refractivity contribution in [2.75, 3.05) is 0 Å². The molecule has 0 fully saturated rings. The molecule has 96 valence electrons. The highest BCUT2D eigenvalue weighted by molar-refractivity contribution is 5.79. The first kappa shape index (κ1) is 15.2. The van der Waals surface area contributed by atoms with Crippen molar-refractivity contribution in [1.82, 2.24) is 0 Å². The van der Waals surface area contributed by atoms with E-state index in [0.29, 0.717) is 12.8 Å². The molecule has 0 aliphatic heterocycles. The van der Waals surface area contributed by atoms with Gasteiger partial charge in [-0.25, -0.2) is 4.79 Å². The van der Waals surface area contributed by atoms with Crippen molar-refractivity contribution in [3.63, 3.8) is 0 Å². The number of aliphatic hydroxyl groups excluding tert-OH is 1. The fourth-order valence-corrected chi connectivity index (χ4v) is 1.25. The Morgan fingerprint density at radius 3 is 2.12 bits per heavy atom. The van der Waals surface area contributed by atoms with Crippen molar-refractivity contribution in [2.45, 2.75) is 50.5 Å². The van der Waals surface area contributed by atoms with E-state index in [0.717, 1.165) is 0 Å². The summed E-state index contributed by atoms with van der Waals surface area (Å²) in [5.41, 5.74) is -4.08. The summed E-state index contributed by atoms with van der Waals surface area (Å²) >= 11 is 0. The van der Waals surface area contributed by atoms with E-state index in [1.807, 2.05) is 0 Å². The monoisotopic (exact) mass is 244 g/mol. The molecule has 0 amide bonds. The molecule has 0 radical (unpaired) electrons. The maximum Gasteiger partial charge on any atom is 0.430 e. The fraction of sp³-hybridized carbons (Fsp3) is 0.889. The highest BCUT2D eigenvalue weighted by atomic mass is 19.4. The van der Waals surface area contributed by atoms with Crippen LogP contribution < -0.4 is 0 Å². The van der Waals surface area contributed by atoms with Gasteiger partial charge in [-0.1, -0.05) is 26.2 Å². The maximum absolute atomic E-state index is 12.3. The van der Waals surface area contributed by atoms with Gasteiger partial charge >= 0.3 is 12.1 Å². The molecule has 0 aromatic heterocycles. The minimum absolute atomic E-state index is 0.226. The van der Waals surface area contributed by atoms with E-state index in [4.69, 9.17) is 15.3 Å². The molecule has 2 unspecified atom stereocenters. The Labute approximate surface area is 90.7 Å². The van der Waals surface area contributed by atoms with Gasteiger partial charge in [0.15, 0.2) is 0 Å². The number of carbonyl (C=O) groups is 1. The zero-order chi connectivity index (χ0) is 13.0. The largest absolute Gasteiger partial charge is 0.479 e. The predicted molar refractivity (Wildman–Crippen MR) is 48.8 cm³/mol. The minimum atomic E-state index is -5.40. The maximum atomic E-state index is 12.3. The molecule has 0 aromatic carbocycles. The van der Waals surface area contributed by atoms with E-state index in [9.17, 15) is 18.0 Å². The molecule has 0 bridgehead atoms. The Hall–Kier alpha value is -0.820. The third-order valence-electron chi connectivity index (χ3n) is 2.32. The molecule has 0 spiro atoms. The first-order valence-corrected chi connectivity index (χ1v) is 4.88. The summed E-state index contributed by atoms with van der Waals surface area (Å²) in [5, 5.41) is 26.5. The Kier molecular flexibility index (Phi) is 5.21. The molecular formula is C9H15F3O4. The van der Waals surface area contributed by atoms with Crippen LogP contribution in [-0.4, -0.2) is 39.2 Å². The first-order chi connectivity index (χ1) is 7.17. The zero-order valence-electron chi connectivity index (χ0n) is 8.79. The van der Waals surface area contributed by atoms with E-state index in [2.05, 4.69) is 0 Å². The lowest BCUT2D eigenvalue weighted by molar-refractivity contribution is -0.285. The van der Waals surface area contributed by atoms with Crippen LogP contribution in [0.5, 0.6) is 0 Å². The highest BCUT2D eigenvalue weighted by Gasteiger charge is 2.64. The molecule has 16 heavy (non-hydrogen) atoms. The topological polar surface area (TPSA) is 77.8 Å². The molecule has 0 aliphatic rings. The van der Waals surface area contributed by atoms with Crippen LogP contribution in [-0.2, 0) is 4.79 Å². The van der Waals surface area contributed by atoms with Crippen molar-refractivity contribution in [1.29, 1.82) is 0 Å². The van der Waals surface area contributed by atoms with Crippen LogP contribution in [0.15, 0.2) is 0 Å². The van der Waals surface area contributed by atoms with Crippen LogP contribution >= 0.6 is 0 Å². The standard InChI is InChI=1S/C9H15F3O4/c1-2-3-4-5-6(13)8(16,7(14)15)9(10,11)12/h6,13,16H,2-5H2,1H3,(H,14,15). The molecule has 0 aromatic rings. The number of hydrogen-bond donors (Lipinski definition) is 3. The normalized spacial score (nSPS) is 17.9. The Morgan fingerprint density at radius 1 is 1.31 bits per heavy atom. The van der Waals surface area contributed by atoms with Gasteiger partial charge in [0.25, 0.3) is 5.60 Å². The lowest BCUT2D eigenvalue weighted by Crippen LogP contribution is -2.60. The van der Waals surface area contributed by atoms with Gasteiger partial charge in [0.05, 0.1) is 0 Å². The second kappa shape index (κ2) is 5.49. The van der Waals surface area contributed by atoms with Crippen molar-refractivity contribution < 1.29 is 33.3 Å². The predicted octanol–water partition coefficient (Wildman–Crippen LogP) is 1.31. The number of carboxylic acid groups (broad SMARTS) is 1. The van der Waals surface area contributed by atoms with Gasteiger partial charge in [0.2, 0.25) is 0 Å². The number of aliphatic hydroxyl groups is 2. The Bertz CT molecular complexity index is 241. The number of carboxylic acids is 1. The number of aliphatic carboxylic acids is 1. The smallest absolute Gasteiger partial charge is 0.430 e. The molecule has 0 rings (SSSR count). The Balaban J connectivity index is 4.73. The van der Waals surface area contributed by atoms with Crippen LogP contribution in [0.4, 0.5) is 13.2 Å². The van der Waals surface area contributed by atoms with Crippen LogP contribution in [0.1, 0.15) is 32.6 Å². The molecular weight excluding hydrogens is 229 g/mol. The van der Waals surface area contributed by atoms with Gasteiger partial charge in [0.1, 0.15) is 6.10 Å². The summed E-state index contributed by atoms with van der Waals surface area (Å²) in [6.07, 6.45) is -6.66. The Morgan fingerprint density at radius 2 is 1.81 bits per heavy atom. The lowest BCUT2D eigenvalue weighted by Gasteiger charge is -2.30. The van der Waals surface area contributed by atoms with Crippen LogP contribution in [0.2, 0.25) is 0 Å². The van der Waals surface area contributed by atoms with Crippen molar-refractivity contribution >= 4 is 5.97 Å². The second-order valence-electron chi connectivity index (χ2n) is 3.58. The number of hydrogen-bond acceptors (Lipinski definition) is 3. The highest BCUT2D eigenvalue weighted by Crippen LogP contribution is 2.35. The average molecular weight is 244 g/mol. The van der Waals surface area contributed by atoms with E-state index < -0.39 is 30.3 Å². The van der Waals surface area contributed by atoms with Gasteiger partial charge in [-0.3, -0.25) is 0 Å². The van der Waals surface area contributed by atoms with Crippen molar-refractivity contribution in [3.8, 4) is 0 Å². The summed E-state index contributed by atoms with van der Waals surface area (Å²) < 4.78 is 37.0. The first-order valence-electron chi connectivity index (χ1n) is 4.88. The van der Waals surface area contributed by atoms with E-state index >= 15 is 0 Å². The third-order valence-corrected chi connectivity index (χ3v) is 2.32. The zero-order valence-corrected chi connectivity index (χ0v) is 8.79. The number of unbranched alkanes of at least 4 members (excludes halogenated alkanes) is 2. The summed E-state index contributed by atoms with van der Waals surface area (Å²) in [7, 11) is 0. The molecule has 2 atom stereocenters. The number of alkyl halides is 3. The molecule has 3 N–H and O–H groups in total. The summed E-state index contributed by atoms with van der Waals surface area (Å²) in [6, 6.07) is 0. The minimum Gasteiger partial charge on any atom is -0.479 e. The van der Waals surface area contributed by atoms with Crippen LogP contribution in [0, 0.1) is 0 Å². The lowest BCUT2D eigenvalue weighted by atomic mass is 9.92. The van der Waals surface area contributed by atoms with Crippen LogP contribution in [0.25, 0.3) is 0 Å².